The first-order valence-corrected chi connectivity index (χ1v) is 6.84. The lowest BCUT2D eigenvalue weighted by molar-refractivity contribution is 0.117. The first-order chi connectivity index (χ1) is 9.67. The molecular weight excluding hydrogens is 257 g/mol. The van der Waals surface area contributed by atoms with E-state index in [-0.39, 0.29) is 5.56 Å². The third-order valence-electron chi connectivity index (χ3n) is 3.79. The molecule has 2 rings (SSSR count). The number of hydrogen-bond acceptors (Lipinski definition) is 4. The van der Waals surface area contributed by atoms with E-state index in [0.29, 0.717) is 18.3 Å². The molecule has 1 aromatic carbocycles. The monoisotopic (exact) mass is 277 g/mol. The Balaban J connectivity index is 2.10. The number of methoxy groups -OCH3 is 1. The lowest BCUT2D eigenvalue weighted by Gasteiger charge is -2.41. The minimum Gasteiger partial charge on any atom is -0.383 e. The first-order valence-electron chi connectivity index (χ1n) is 6.84. The Labute approximate surface area is 119 Å². The van der Waals surface area contributed by atoms with Crippen LogP contribution >= 0.6 is 0 Å². The minimum atomic E-state index is -0.445. The van der Waals surface area contributed by atoms with Crippen molar-refractivity contribution in [2.24, 2.45) is 0 Å². The number of benzene rings is 1. The number of nitrogens with zero attached hydrogens (tertiary/aromatic N) is 3. The number of ether oxygens (including phenoxy) is 1. The standard InChI is InChI=1S/C15H20FN3O/c1-12-11-19(7-6-18(12)8-9-20-2)15-5-3-4-14(16)13(15)10-17/h3-5,12H,6-9,11H2,1-2H3. The quantitative estimate of drug-likeness (QED) is 0.842. The van der Waals surface area contributed by atoms with Crippen molar-refractivity contribution in [1.29, 1.82) is 5.26 Å². The summed E-state index contributed by atoms with van der Waals surface area (Å²) in [5.74, 6) is -0.445. The summed E-state index contributed by atoms with van der Waals surface area (Å²) in [5, 5.41) is 9.12. The van der Waals surface area contributed by atoms with Crippen molar-refractivity contribution in [3.05, 3.63) is 29.6 Å². The van der Waals surface area contributed by atoms with E-state index >= 15 is 0 Å². The number of anilines is 1. The van der Waals surface area contributed by atoms with Gasteiger partial charge in [0.05, 0.1) is 12.3 Å². The Hall–Kier alpha value is -1.64. The van der Waals surface area contributed by atoms with Crippen LogP contribution in [0.25, 0.3) is 0 Å². The zero-order valence-corrected chi connectivity index (χ0v) is 12.0. The third-order valence-corrected chi connectivity index (χ3v) is 3.79. The summed E-state index contributed by atoms with van der Waals surface area (Å²) in [7, 11) is 1.70. The van der Waals surface area contributed by atoms with Gasteiger partial charge >= 0.3 is 0 Å². The molecule has 1 aliphatic rings. The van der Waals surface area contributed by atoms with Crippen molar-refractivity contribution < 1.29 is 9.13 Å². The maximum atomic E-state index is 13.7. The van der Waals surface area contributed by atoms with Crippen molar-refractivity contribution in [2.75, 3.05) is 44.8 Å². The van der Waals surface area contributed by atoms with E-state index in [9.17, 15) is 4.39 Å². The molecule has 0 aliphatic carbocycles. The van der Waals surface area contributed by atoms with Crippen LogP contribution in [0.15, 0.2) is 18.2 Å². The van der Waals surface area contributed by atoms with Crippen LogP contribution in [0.1, 0.15) is 12.5 Å². The lowest BCUT2D eigenvalue weighted by Crippen LogP contribution is -2.52. The molecule has 108 valence electrons. The topological polar surface area (TPSA) is 39.5 Å². The molecule has 0 saturated carbocycles. The van der Waals surface area contributed by atoms with Gasteiger partial charge in [-0.15, -0.1) is 0 Å². The van der Waals surface area contributed by atoms with Gasteiger partial charge in [0.2, 0.25) is 0 Å². The highest BCUT2D eigenvalue weighted by Gasteiger charge is 2.25. The normalized spacial score (nSPS) is 19.9. The van der Waals surface area contributed by atoms with Gasteiger partial charge in [-0.3, -0.25) is 4.90 Å². The molecule has 0 amide bonds. The highest BCUT2D eigenvalue weighted by Crippen LogP contribution is 2.25. The second-order valence-electron chi connectivity index (χ2n) is 5.07. The molecule has 20 heavy (non-hydrogen) atoms. The summed E-state index contributed by atoms with van der Waals surface area (Å²) < 4.78 is 18.8. The zero-order chi connectivity index (χ0) is 14.5. The van der Waals surface area contributed by atoms with Gasteiger partial charge in [0.25, 0.3) is 0 Å². The van der Waals surface area contributed by atoms with Crippen LogP contribution in [0, 0.1) is 17.1 Å². The molecule has 1 aliphatic heterocycles. The Morgan fingerprint density at radius 2 is 2.25 bits per heavy atom. The highest BCUT2D eigenvalue weighted by molar-refractivity contribution is 5.60. The van der Waals surface area contributed by atoms with Crippen LogP contribution < -0.4 is 4.90 Å². The SMILES string of the molecule is COCCN1CCN(c2cccc(F)c2C#N)CC1C. The predicted octanol–water partition coefficient (Wildman–Crippen LogP) is 1.85. The average molecular weight is 277 g/mol. The van der Waals surface area contributed by atoms with Gasteiger partial charge in [-0.2, -0.15) is 5.26 Å². The van der Waals surface area contributed by atoms with E-state index in [0.717, 1.165) is 26.2 Å². The summed E-state index contributed by atoms with van der Waals surface area (Å²) in [5.41, 5.74) is 0.843. The van der Waals surface area contributed by atoms with Gasteiger partial charge < -0.3 is 9.64 Å². The van der Waals surface area contributed by atoms with Crippen LogP contribution in [-0.2, 0) is 4.74 Å². The van der Waals surface area contributed by atoms with Crippen molar-refractivity contribution >= 4 is 5.69 Å². The molecule has 4 nitrogen and oxygen atoms in total. The maximum Gasteiger partial charge on any atom is 0.143 e. The minimum absolute atomic E-state index is 0.144. The summed E-state index contributed by atoms with van der Waals surface area (Å²) in [4.78, 5) is 4.45. The van der Waals surface area contributed by atoms with Crippen molar-refractivity contribution in [2.45, 2.75) is 13.0 Å². The second kappa shape index (κ2) is 6.69. The predicted molar refractivity (Wildman–Crippen MR) is 76.2 cm³/mol. The van der Waals surface area contributed by atoms with Crippen LogP contribution in [0.2, 0.25) is 0 Å². The van der Waals surface area contributed by atoms with Gasteiger partial charge in [0, 0.05) is 39.3 Å². The smallest absolute Gasteiger partial charge is 0.143 e. The van der Waals surface area contributed by atoms with E-state index < -0.39 is 5.82 Å². The largest absolute Gasteiger partial charge is 0.383 e. The molecule has 0 N–H and O–H groups in total. The fourth-order valence-corrected chi connectivity index (χ4v) is 2.64. The second-order valence-corrected chi connectivity index (χ2v) is 5.07. The summed E-state index contributed by atoms with van der Waals surface area (Å²) in [6, 6.07) is 7.14. The van der Waals surface area contributed by atoms with E-state index in [2.05, 4.69) is 16.7 Å². The fourth-order valence-electron chi connectivity index (χ4n) is 2.64. The van der Waals surface area contributed by atoms with Gasteiger partial charge in [-0.25, -0.2) is 4.39 Å². The van der Waals surface area contributed by atoms with E-state index in [1.54, 1.807) is 13.2 Å². The summed E-state index contributed by atoms with van der Waals surface area (Å²) in [6.07, 6.45) is 0. The molecule has 1 fully saturated rings. The van der Waals surface area contributed by atoms with E-state index in [1.807, 2.05) is 12.1 Å². The molecule has 5 heteroatoms. The van der Waals surface area contributed by atoms with Crippen molar-refractivity contribution in [1.82, 2.24) is 4.90 Å². The van der Waals surface area contributed by atoms with Gasteiger partial charge in [-0.05, 0) is 19.1 Å². The van der Waals surface area contributed by atoms with Crippen molar-refractivity contribution in [3.8, 4) is 6.07 Å². The summed E-state index contributed by atoms with van der Waals surface area (Å²) in [6.45, 7) is 6.25. The van der Waals surface area contributed by atoms with Gasteiger partial charge in [0.15, 0.2) is 0 Å². The Morgan fingerprint density at radius 3 is 2.90 bits per heavy atom. The van der Waals surface area contributed by atoms with Gasteiger partial charge in [-0.1, -0.05) is 6.07 Å². The van der Waals surface area contributed by atoms with Crippen LogP contribution in [0.5, 0.6) is 0 Å². The first kappa shape index (κ1) is 14.8. The van der Waals surface area contributed by atoms with Crippen LogP contribution in [-0.4, -0.2) is 50.8 Å². The molecule has 1 unspecified atom stereocenters. The van der Waals surface area contributed by atoms with Gasteiger partial charge in [0.1, 0.15) is 17.4 Å². The molecule has 0 spiro atoms. The lowest BCUT2D eigenvalue weighted by atomic mass is 10.1. The number of rotatable bonds is 4. The Bertz CT molecular complexity index is 500. The average Bonchev–Trinajstić information content (AvgIpc) is 2.45. The molecule has 1 aromatic rings. The molecule has 0 bridgehead atoms. The highest BCUT2D eigenvalue weighted by atomic mass is 19.1. The van der Waals surface area contributed by atoms with Crippen molar-refractivity contribution in [3.63, 3.8) is 0 Å². The Morgan fingerprint density at radius 1 is 1.45 bits per heavy atom. The number of halogens is 1. The third kappa shape index (κ3) is 3.09. The molecule has 1 atom stereocenters. The molecule has 0 radical (unpaired) electrons. The molecule has 1 heterocycles. The summed E-state index contributed by atoms with van der Waals surface area (Å²) >= 11 is 0. The fraction of sp³-hybridized carbons (Fsp3) is 0.533. The molecule has 1 saturated heterocycles. The number of hydrogen-bond donors (Lipinski definition) is 0. The Kier molecular flexibility index (Phi) is 4.94. The zero-order valence-electron chi connectivity index (χ0n) is 12.0. The molecular formula is C15H20FN3O. The van der Waals surface area contributed by atoms with Crippen LogP contribution in [0.4, 0.5) is 10.1 Å². The number of piperazine rings is 1. The van der Waals surface area contributed by atoms with E-state index in [4.69, 9.17) is 10.00 Å². The van der Waals surface area contributed by atoms with E-state index in [1.165, 1.54) is 6.07 Å². The number of nitriles is 1. The maximum absolute atomic E-state index is 13.7. The van der Waals surface area contributed by atoms with Crippen LogP contribution in [0.3, 0.4) is 0 Å². The molecule has 0 aromatic heterocycles.